The monoisotopic (exact) mass is 569 g/mol. The van der Waals surface area contributed by atoms with Gasteiger partial charge in [-0.2, -0.15) is 0 Å². The van der Waals surface area contributed by atoms with Crippen LogP contribution in [0.4, 0.5) is 0 Å². The second-order valence-corrected chi connectivity index (χ2v) is 11.3. The summed E-state index contributed by atoms with van der Waals surface area (Å²) in [6.07, 6.45) is 10.8. The van der Waals surface area contributed by atoms with Crippen molar-refractivity contribution in [3.63, 3.8) is 0 Å². The first kappa shape index (κ1) is 29.2. The van der Waals surface area contributed by atoms with E-state index in [1.807, 2.05) is 13.8 Å². The maximum Gasteiger partial charge on any atom is 0.340 e. The second-order valence-electron chi connectivity index (χ2n) is 11.3. The Morgan fingerprint density at radius 1 is 1.19 bits per heavy atom. The first-order chi connectivity index (χ1) is 20.4. The van der Waals surface area contributed by atoms with E-state index < -0.39 is 5.97 Å². The highest BCUT2D eigenvalue weighted by Crippen LogP contribution is 2.42. The van der Waals surface area contributed by atoms with Crippen LogP contribution in [0.3, 0.4) is 0 Å². The van der Waals surface area contributed by atoms with Crippen LogP contribution in [0.5, 0.6) is 5.88 Å². The van der Waals surface area contributed by atoms with Crippen LogP contribution in [-0.4, -0.2) is 33.6 Å². The maximum absolute atomic E-state index is 13.7. The van der Waals surface area contributed by atoms with E-state index in [2.05, 4.69) is 16.9 Å². The van der Waals surface area contributed by atoms with Gasteiger partial charge in [-0.05, 0) is 54.5 Å². The molecule has 220 valence electrons. The van der Waals surface area contributed by atoms with E-state index in [1.54, 1.807) is 42.7 Å². The molecular weight excluding hydrogens is 530 g/mol. The number of aryl methyl sites for hydroxylation is 1. The molecule has 3 aromatic heterocycles. The lowest BCUT2D eigenvalue weighted by Crippen LogP contribution is -2.22. The van der Waals surface area contributed by atoms with Gasteiger partial charge in [0.15, 0.2) is 5.88 Å². The zero-order valence-electron chi connectivity index (χ0n) is 24.4. The fraction of sp³-hybridized carbons (Fsp3) is 0.382. The van der Waals surface area contributed by atoms with Crippen LogP contribution in [0, 0.1) is 5.92 Å². The number of furan rings is 1. The Hall–Kier alpha value is -4.33. The zero-order chi connectivity index (χ0) is 29.6. The average Bonchev–Trinajstić information content (AvgIpc) is 3.65. The molecule has 0 aliphatic heterocycles. The van der Waals surface area contributed by atoms with Gasteiger partial charge in [-0.3, -0.25) is 4.79 Å². The maximum atomic E-state index is 13.7. The van der Waals surface area contributed by atoms with Gasteiger partial charge in [0.2, 0.25) is 0 Å². The molecule has 0 unspecified atom stereocenters. The van der Waals surface area contributed by atoms with Crippen LogP contribution in [0.15, 0.2) is 59.7 Å². The molecule has 1 saturated carbocycles. The minimum Gasteiger partial charge on any atom is -0.494 e. The number of aromatic amines is 1. The summed E-state index contributed by atoms with van der Waals surface area (Å²) in [7, 11) is 0. The molecule has 1 aliphatic carbocycles. The van der Waals surface area contributed by atoms with E-state index in [0.29, 0.717) is 56.9 Å². The molecule has 8 heteroatoms. The highest BCUT2D eigenvalue weighted by atomic mass is 16.5. The number of H-pyrrole nitrogens is 1. The van der Waals surface area contributed by atoms with Gasteiger partial charge in [0, 0.05) is 16.8 Å². The van der Waals surface area contributed by atoms with E-state index in [9.17, 15) is 14.7 Å². The molecule has 1 fully saturated rings. The van der Waals surface area contributed by atoms with Crippen molar-refractivity contribution in [3.05, 3.63) is 83.6 Å². The topological polar surface area (TPSA) is 117 Å². The summed E-state index contributed by atoms with van der Waals surface area (Å²) >= 11 is 0. The number of hydrogen-bond donors (Lipinski definition) is 3. The Balaban J connectivity index is 1.59. The molecule has 4 aromatic rings. The SMILES string of the molecule is C=CCOC(=O)c1c(CCC2CCCCC2)nc2c(C(C)C)[nH]c(O)c2c1-c1ccc(C(=O)NCc2ccco2)cc1. The molecular formula is C34H39N3O5. The van der Waals surface area contributed by atoms with Crippen molar-refractivity contribution in [1.82, 2.24) is 15.3 Å². The van der Waals surface area contributed by atoms with Crippen LogP contribution < -0.4 is 5.32 Å². The number of aromatic hydroxyl groups is 1. The first-order valence-corrected chi connectivity index (χ1v) is 14.8. The van der Waals surface area contributed by atoms with Crippen molar-refractivity contribution >= 4 is 22.8 Å². The van der Waals surface area contributed by atoms with E-state index in [0.717, 1.165) is 12.1 Å². The number of fused-ring (bicyclic) bond motifs is 1. The minimum atomic E-state index is -0.509. The van der Waals surface area contributed by atoms with E-state index in [4.69, 9.17) is 14.1 Å². The molecule has 1 amide bonds. The van der Waals surface area contributed by atoms with Gasteiger partial charge >= 0.3 is 5.97 Å². The lowest BCUT2D eigenvalue weighted by Gasteiger charge is -2.22. The fourth-order valence-corrected chi connectivity index (χ4v) is 5.91. The van der Waals surface area contributed by atoms with Gasteiger partial charge in [0.05, 0.1) is 35.0 Å². The van der Waals surface area contributed by atoms with Crippen molar-refractivity contribution in [3.8, 4) is 17.0 Å². The molecule has 3 heterocycles. The molecule has 0 atom stereocenters. The average molecular weight is 570 g/mol. The summed E-state index contributed by atoms with van der Waals surface area (Å²) in [6, 6.07) is 10.6. The molecule has 42 heavy (non-hydrogen) atoms. The number of benzene rings is 1. The fourth-order valence-electron chi connectivity index (χ4n) is 5.91. The molecule has 3 N–H and O–H groups in total. The number of esters is 1. The third-order valence-corrected chi connectivity index (χ3v) is 8.08. The smallest absolute Gasteiger partial charge is 0.340 e. The summed E-state index contributed by atoms with van der Waals surface area (Å²) in [5, 5.41) is 14.5. The van der Waals surface area contributed by atoms with E-state index in [-0.39, 0.29) is 30.9 Å². The van der Waals surface area contributed by atoms with Crippen molar-refractivity contribution in [2.45, 2.75) is 71.3 Å². The lowest BCUT2D eigenvalue weighted by atomic mass is 9.84. The Kier molecular flexibility index (Phi) is 9.10. The Labute approximate surface area is 246 Å². The number of carbonyl (C=O) groups is 2. The van der Waals surface area contributed by atoms with Crippen LogP contribution in [0.2, 0.25) is 0 Å². The molecule has 0 saturated heterocycles. The predicted octanol–water partition coefficient (Wildman–Crippen LogP) is 7.44. The Morgan fingerprint density at radius 3 is 2.62 bits per heavy atom. The summed E-state index contributed by atoms with van der Waals surface area (Å²) in [5.74, 6) is 0.520. The molecule has 0 bridgehead atoms. The largest absolute Gasteiger partial charge is 0.494 e. The molecule has 5 rings (SSSR count). The normalized spacial score (nSPS) is 13.9. The summed E-state index contributed by atoms with van der Waals surface area (Å²) in [4.78, 5) is 34.6. The molecule has 1 aromatic carbocycles. The minimum absolute atomic E-state index is 0.0481. The highest BCUT2D eigenvalue weighted by Gasteiger charge is 2.29. The predicted molar refractivity (Wildman–Crippen MR) is 163 cm³/mol. The number of nitrogens with zero attached hydrogens (tertiary/aromatic N) is 1. The summed E-state index contributed by atoms with van der Waals surface area (Å²) in [5.41, 5.74) is 4.16. The molecule has 0 spiro atoms. The number of ether oxygens (including phenoxy) is 1. The van der Waals surface area contributed by atoms with Crippen LogP contribution in [-0.2, 0) is 17.7 Å². The number of pyridine rings is 1. The van der Waals surface area contributed by atoms with Gasteiger partial charge < -0.3 is 24.6 Å². The van der Waals surface area contributed by atoms with Crippen molar-refractivity contribution in [2.75, 3.05) is 6.61 Å². The molecule has 1 aliphatic rings. The Bertz CT molecular complexity index is 1540. The van der Waals surface area contributed by atoms with Crippen molar-refractivity contribution in [1.29, 1.82) is 0 Å². The van der Waals surface area contributed by atoms with Crippen LogP contribution in [0.25, 0.3) is 22.0 Å². The Morgan fingerprint density at radius 2 is 1.95 bits per heavy atom. The summed E-state index contributed by atoms with van der Waals surface area (Å²) in [6.45, 7) is 8.10. The molecule has 8 nitrogen and oxygen atoms in total. The van der Waals surface area contributed by atoms with E-state index >= 15 is 0 Å². The third-order valence-electron chi connectivity index (χ3n) is 8.08. The zero-order valence-corrected chi connectivity index (χ0v) is 24.4. The van der Waals surface area contributed by atoms with Gasteiger partial charge in [-0.25, -0.2) is 9.78 Å². The highest BCUT2D eigenvalue weighted by molar-refractivity contribution is 6.10. The number of carbonyl (C=O) groups excluding carboxylic acids is 2. The van der Waals surface area contributed by atoms with Crippen molar-refractivity contribution in [2.24, 2.45) is 5.92 Å². The number of hydrogen-bond acceptors (Lipinski definition) is 6. The standard InChI is InChI=1S/C34H39N3O5/c1-4-18-42-34(40)28-26(17-12-22-9-6-5-7-10-22)36-31-29(33(39)37-30(31)21(2)3)27(28)23-13-15-24(16-14-23)32(38)35-20-25-11-8-19-41-25/h4,8,11,13-16,19,21-22,37,39H,1,5-7,9-10,12,17-18,20H2,2-3H3,(H,35,38). The van der Waals surface area contributed by atoms with Gasteiger partial charge in [0.1, 0.15) is 12.4 Å². The second kappa shape index (κ2) is 13.1. The third kappa shape index (κ3) is 6.27. The quantitative estimate of drug-likeness (QED) is 0.128. The first-order valence-electron chi connectivity index (χ1n) is 14.8. The van der Waals surface area contributed by atoms with Crippen LogP contribution >= 0.6 is 0 Å². The number of rotatable bonds is 11. The number of aromatic nitrogens is 2. The van der Waals surface area contributed by atoms with Crippen LogP contribution in [0.1, 0.15) is 96.2 Å². The number of amides is 1. The lowest BCUT2D eigenvalue weighted by molar-refractivity contribution is 0.0548. The van der Waals surface area contributed by atoms with Crippen molar-refractivity contribution < 1.29 is 23.8 Å². The van der Waals surface area contributed by atoms with E-state index in [1.165, 1.54) is 38.2 Å². The molecule has 0 radical (unpaired) electrons. The van der Waals surface area contributed by atoms with Gasteiger partial charge in [-0.1, -0.05) is 70.7 Å². The van der Waals surface area contributed by atoms with Gasteiger partial charge in [-0.15, -0.1) is 0 Å². The number of nitrogens with one attached hydrogen (secondary N) is 2. The summed E-state index contributed by atoms with van der Waals surface area (Å²) < 4.78 is 10.9. The van der Waals surface area contributed by atoms with Gasteiger partial charge in [0.25, 0.3) is 5.91 Å².